The van der Waals surface area contributed by atoms with E-state index in [-0.39, 0.29) is 19.0 Å². The van der Waals surface area contributed by atoms with Gasteiger partial charge in [0.2, 0.25) is 18.7 Å². The van der Waals surface area contributed by atoms with Crippen LogP contribution in [0.2, 0.25) is 0 Å². The van der Waals surface area contributed by atoms with Crippen LogP contribution in [0.1, 0.15) is 10.4 Å². The normalized spacial score (nSPS) is 19.6. The fraction of sp³-hybridized carbons (Fsp3) is 0.176. The van der Waals surface area contributed by atoms with Gasteiger partial charge in [-0.25, -0.2) is 9.51 Å². The van der Waals surface area contributed by atoms with Crippen LogP contribution in [0.5, 0.6) is 11.5 Å². The minimum absolute atomic E-state index is 0.238. The fourth-order valence-corrected chi connectivity index (χ4v) is 3.49. The molecule has 2 aromatic rings. The lowest BCUT2D eigenvalue weighted by Crippen LogP contribution is -2.42. The first-order chi connectivity index (χ1) is 12.0. The number of hydroxylamine groups is 2. The van der Waals surface area contributed by atoms with Crippen molar-refractivity contribution in [2.75, 3.05) is 19.6 Å². The zero-order valence-corrected chi connectivity index (χ0v) is 14.2. The molecule has 0 radical (unpaired) electrons. The Balaban J connectivity index is 1.64. The van der Waals surface area contributed by atoms with Crippen molar-refractivity contribution in [3.05, 3.63) is 60.2 Å². The Bertz CT molecular complexity index is 769. The third kappa shape index (κ3) is 4.30. The largest absolute Gasteiger partial charge is 0.457 e. The van der Waals surface area contributed by atoms with Crippen LogP contribution in [0.3, 0.4) is 0 Å². The molecule has 130 valence electrons. The van der Waals surface area contributed by atoms with E-state index >= 15 is 0 Å². The van der Waals surface area contributed by atoms with Crippen LogP contribution in [-0.2, 0) is 4.79 Å². The van der Waals surface area contributed by atoms with Gasteiger partial charge in [-0.15, -0.1) is 0 Å². The fourth-order valence-electron chi connectivity index (χ4n) is 2.44. The minimum Gasteiger partial charge on any atom is -0.457 e. The zero-order valence-electron chi connectivity index (χ0n) is 13.4. The van der Waals surface area contributed by atoms with Gasteiger partial charge in [-0.2, -0.15) is 0 Å². The van der Waals surface area contributed by atoms with E-state index in [2.05, 4.69) is 0 Å². The Morgan fingerprint density at radius 2 is 1.76 bits per heavy atom. The second-order valence-corrected chi connectivity index (χ2v) is 6.91. The highest BCUT2D eigenvalue weighted by atomic mass is 32.2. The number of rotatable bonds is 5. The van der Waals surface area contributed by atoms with Gasteiger partial charge in [0.15, 0.2) is 0 Å². The van der Waals surface area contributed by atoms with E-state index in [0.29, 0.717) is 23.6 Å². The molecule has 0 aromatic heterocycles. The van der Waals surface area contributed by atoms with Gasteiger partial charge in [-0.3, -0.25) is 9.59 Å². The maximum Gasteiger partial charge on any atom is 0.276 e. The molecule has 2 amide bonds. The molecule has 1 aliphatic rings. The Kier molecular flexibility index (Phi) is 4.93. The molecule has 0 aliphatic carbocycles. The van der Waals surface area contributed by atoms with Crippen LogP contribution >= 0.6 is 12.1 Å². The first-order valence-electron chi connectivity index (χ1n) is 7.68. The number of nitrogens with zero attached hydrogens (tertiary/aromatic N) is 2. The Morgan fingerprint density at radius 3 is 2.40 bits per heavy atom. The van der Waals surface area contributed by atoms with Gasteiger partial charge in [-0.1, -0.05) is 22.3 Å². The van der Waals surface area contributed by atoms with Crippen molar-refractivity contribution in [3.8, 4) is 11.5 Å². The maximum absolute atomic E-state index is 12.5. The Morgan fingerprint density at radius 1 is 1.12 bits per heavy atom. The standard InChI is InChI=1S/C17H17N3O4S/c18-16(21)12-20(23)11-10-19(25-20)17(22)13-6-8-15(9-7-13)24-14-4-2-1-3-5-14/h1-9,23H,10-12H2,(H-,18,21)/p+1. The molecule has 3 N–H and O–H groups in total. The molecule has 0 spiro atoms. The quantitative estimate of drug-likeness (QED) is 0.630. The number of ether oxygens (including phenoxy) is 1. The summed E-state index contributed by atoms with van der Waals surface area (Å²) in [7, 11) is 0. The van der Waals surface area contributed by atoms with Crippen LogP contribution in [0.15, 0.2) is 54.6 Å². The van der Waals surface area contributed by atoms with E-state index in [1.165, 1.54) is 4.31 Å². The van der Waals surface area contributed by atoms with E-state index < -0.39 is 9.96 Å². The van der Waals surface area contributed by atoms with Crippen LogP contribution in [0.4, 0.5) is 0 Å². The average Bonchev–Trinajstić information content (AvgIpc) is 2.97. The summed E-state index contributed by atoms with van der Waals surface area (Å²) in [5.74, 6) is 0.477. The van der Waals surface area contributed by atoms with Crippen molar-refractivity contribution in [1.82, 2.24) is 4.31 Å². The van der Waals surface area contributed by atoms with E-state index in [9.17, 15) is 14.8 Å². The van der Waals surface area contributed by atoms with E-state index in [1.807, 2.05) is 30.3 Å². The smallest absolute Gasteiger partial charge is 0.276 e. The van der Waals surface area contributed by atoms with E-state index in [1.54, 1.807) is 24.3 Å². The summed E-state index contributed by atoms with van der Waals surface area (Å²) in [6.45, 7) is 0.336. The Hall–Kier alpha value is -2.55. The van der Waals surface area contributed by atoms with E-state index in [0.717, 1.165) is 12.1 Å². The second kappa shape index (κ2) is 7.14. The summed E-state index contributed by atoms with van der Waals surface area (Å²) < 4.78 is 6.50. The number of carbonyl (C=O) groups is 2. The highest BCUT2D eigenvalue weighted by Crippen LogP contribution is 2.32. The van der Waals surface area contributed by atoms with Crippen molar-refractivity contribution in [3.63, 3.8) is 0 Å². The molecule has 1 fully saturated rings. The third-order valence-corrected chi connectivity index (χ3v) is 4.77. The molecule has 3 rings (SSSR count). The molecule has 1 unspecified atom stereocenters. The number of quaternary nitrogens is 1. The monoisotopic (exact) mass is 360 g/mol. The number of carbonyl (C=O) groups excluding carboxylic acids is 2. The van der Waals surface area contributed by atoms with Gasteiger partial charge in [0.05, 0.1) is 6.54 Å². The van der Waals surface area contributed by atoms with E-state index in [4.69, 9.17) is 10.5 Å². The summed E-state index contributed by atoms with van der Waals surface area (Å²) in [5, 5.41) is 10.2. The molecule has 7 nitrogen and oxygen atoms in total. The average molecular weight is 360 g/mol. The third-order valence-electron chi connectivity index (χ3n) is 3.61. The summed E-state index contributed by atoms with van der Waals surface area (Å²) in [4.78, 5) is 23.5. The molecular weight excluding hydrogens is 342 g/mol. The minimum atomic E-state index is -0.619. The number of hydrogen-bond donors (Lipinski definition) is 2. The van der Waals surface area contributed by atoms with Gasteiger partial charge < -0.3 is 10.5 Å². The number of nitrogens with two attached hydrogens (primary N) is 1. The van der Waals surface area contributed by atoms with Crippen LogP contribution < -0.4 is 10.5 Å². The molecule has 1 aliphatic heterocycles. The molecule has 25 heavy (non-hydrogen) atoms. The molecule has 0 bridgehead atoms. The molecule has 0 saturated carbocycles. The molecule has 2 aromatic carbocycles. The molecular formula is C17H18N3O4S+. The molecule has 8 heteroatoms. The van der Waals surface area contributed by atoms with Crippen molar-refractivity contribution in [2.45, 2.75) is 0 Å². The Labute approximate surface area is 149 Å². The maximum atomic E-state index is 12.5. The van der Waals surface area contributed by atoms with Crippen LogP contribution in [-0.4, -0.2) is 45.0 Å². The summed E-state index contributed by atoms with van der Waals surface area (Å²) >= 11 is 0.896. The number of primary amides is 1. The number of amides is 2. The number of benzene rings is 2. The topological polar surface area (TPSA) is 92.9 Å². The van der Waals surface area contributed by atoms with Crippen molar-refractivity contribution < 1.29 is 23.6 Å². The zero-order chi connectivity index (χ0) is 17.9. The summed E-state index contributed by atoms with van der Waals surface area (Å²) in [6, 6.07) is 16.1. The predicted octanol–water partition coefficient (Wildman–Crippen LogP) is 2.19. The van der Waals surface area contributed by atoms with Gasteiger partial charge in [0.1, 0.15) is 18.0 Å². The van der Waals surface area contributed by atoms with Crippen LogP contribution in [0, 0.1) is 0 Å². The lowest BCUT2D eigenvalue weighted by Gasteiger charge is -2.19. The van der Waals surface area contributed by atoms with Gasteiger partial charge >= 0.3 is 0 Å². The number of para-hydroxylation sites is 1. The molecule has 1 atom stereocenters. The SMILES string of the molecule is NC(=O)C[N+]1(O)CCN(C(=O)c2ccc(Oc3ccccc3)cc2)S1. The number of hydrogen-bond acceptors (Lipinski definition) is 5. The first kappa shape index (κ1) is 17.3. The van der Waals surface area contributed by atoms with Gasteiger partial charge in [0, 0.05) is 5.56 Å². The molecule has 1 saturated heterocycles. The van der Waals surface area contributed by atoms with Crippen molar-refractivity contribution >= 4 is 23.9 Å². The first-order valence-corrected chi connectivity index (χ1v) is 8.41. The van der Waals surface area contributed by atoms with Crippen molar-refractivity contribution in [1.29, 1.82) is 0 Å². The van der Waals surface area contributed by atoms with Crippen molar-refractivity contribution in [2.24, 2.45) is 5.73 Å². The van der Waals surface area contributed by atoms with Crippen LogP contribution in [0.25, 0.3) is 0 Å². The second-order valence-electron chi connectivity index (χ2n) is 5.62. The highest BCUT2D eigenvalue weighted by Gasteiger charge is 2.43. The summed E-state index contributed by atoms with van der Waals surface area (Å²) in [6.07, 6.45) is 0. The van der Waals surface area contributed by atoms with Gasteiger partial charge in [0.25, 0.3) is 11.8 Å². The molecule has 1 heterocycles. The van der Waals surface area contributed by atoms with Gasteiger partial charge in [-0.05, 0) is 36.4 Å². The highest BCUT2D eigenvalue weighted by molar-refractivity contribution is 7.92. The lowest BCUT2D eigenvalue weighted by molar-refractivity contribution is -0.981. The lowest BCUT2D eigenvalue weighted by atomic mass is 10.2. The summed E-state index contributed by atoms with van der Waals surface area (Å²) in [5.41, 5.74) is 5.60. The predicted molar refractivity (Wildman–Crippen MR) is 92.6 cm³/mol.